The maximum absolute atomic E-state index is 12.5. The number of urea groups is 1. The van der Waals surface area contributed by atoms with E-state index < -0.39 is 12.0 Å². The molecule has 1 unspecified atom stereocenters. The lowest BCUT2D eigenvalue weighted by Crippen LogP contribution is -2.58. The summed E-state index contributed by atoms with van der Waals surface area (Å²) in [6.07, 6.45) is 1.83. The van der Waals surface area contributed by atoms with Crippen LogP contribution in [0.25, 0.3) is 0 Å². The first-order chi connectivity index (χ1) is 13.3. The summed E-state index contributed by atoms with van der Waals surface area (Å²) in [4.78, 5) is 39.1. The van der Waals surface area contributed by atoms with Crippen molar-refractivity contribution in [1.82, 2.24) is 20.4 Å². The molecule has 1 saturated carbocycles. The smallest absolute Gasteiger partial charge is 0.317 e. The van der Waals surface area contributed by atoms with Crippen LogP contribution < -0.4 is 10.6 Å². The summed E-state index contributed by atoms with van der Waals surface area (Å²) in [5.41, 5.74) is 0.971. The van der Waals surface area contributed by atoms with Crippen LogP contribution in [0.15, 0.2) is 30.3 Å². The van der Waals surface area contributed by atoms with E-state index in [0.29, 0.717) is 25.8 Å². The molecule has 0 bridgehead atoms. The molecule has 28 heavy (non-hydrogen) atoms. The second-order valence-corrected chi connectivity index (χ2v) is 7.37. The van der Waals surface area contributed by atoms with Crippen LogP contribution in [0.1, 0.15) is 25.3 Å². The van der Waals surface area contributed by atoms with Gasteiger partial charge in [0.2, 0.25) is 5.91 Å². The number of nitrogens with zero attached hydrogens (tertiary/aromatic N) is 2. The Morgan fingerprint density at radius 1 is 1.18 bits per heavy atom. The van der Waals surface area contributed by atoms with Crippen molar-refractivity contribution in [2.24, 2.45) is 0 Å². The number of hydrogen-bond acceptors (Lipinski definition) is 4. The Labute approximate surface area is 165 Å². The van der Waals surface area contributed by atoms with Crippen molar-refractivity contribution < 1.29 is 19.5 Å². The Morgan fingerprint density at radius 3 is 2.36 bits per heavy atom. The largest absolute Gasteiger partial charge is 0.480 e. The van der Waals surface area contributed by atoms with Gasteiger partial charge in [-0.05, 0) is 24.9 Å². The lowest BCUT2D eigenvalue weighted by molar-refractivity contribution is -0.139. The predicted molar refractivity (Wildman–Crippen MR) is 106 cm³/mol. The summed E-state index contributed by atoms with van der Waals surface area (Å²) in [7, 11) is 3.33. The molecule has 0 aromatic heterocycles. The molecule has 0 radical (unpaired) electrons. The minimum Gasteiger partial charge on any atom is -0.480 e. The molecular weight excluding hydrogens is 360 g/mol. The maximum atomic E-state index is 12.5. The van der Waals surface area contributed by atoms with Crippen molar-refractivity contribution >= 4 is 17.9 Å². The number of hydrogen-bond donors (Lipinski definition) is 3. The highest BCUT2D eigenvalue weighted by Gasteiger charge is 2.35. The average molecular weight is 390 g/mol. The fraction of sp³-hybridized carbons (Fsp3) is 0.550. The third-order valence-corrected chi connectivity index (χ3v) is 5.04. The van der Waals surface area contributed by atoms with E-state index in [1.165, 1.54) is 4.90 Å². The number of amides is 3. The summed E-state index contributed by atoms with van der Waals surface area (Å²) in [6.45, 7) is 2.60. The van der Waals surface area contributed by atoms with Gasteiger partial charge in [-0.15, -0.1) is 0 Å². The van der Waals surface area contributed by atoms with Gasteiger partial charge in [0.15, 0.2) is 0 Å². The van der Waals surface area contributed by atoms with Crippen molar-refractivity contribution in [3.05, 3.63) is 35.9 Å². The number of carbonyl (C=O) groups excluding carboxylic acids is 2. The number of rotatable bonds is 9. The van der Waals surface area contributed by atoms with E-state index in [9.17, 15) is 14.4 Å². The maximum Gasteiger partial charge on any atom is 0.317 e. The summed E-state index contributed by atoms with van der Waals surface area (Å²) in [5.74, 6) is -1.01. The van der Waals surface area contributed by atoms with Gasteiger partial charge in [0.05, 0.1) is 6.54 Å². The summed E-state index contributed by atoms with van der Waals surface area (Å²) in [6, 6.07) is 8.68. The minimum atomic E-state index is -0.845. The molecule has 1 fully saturated rings. The first-order valence-electron chi connectivity index (χ1n) is 9.58. The minimum absolute atomic E-state index is 0.0105. The first kappa shape index (κ1) is 21.7. The number of aliphatic carboxylic acids is 1. The number of benzene rings is 1. The molecule has 154 valence electrons. The normalized spacial score (nSPS) is 19.4. The van der Waals surface area contributed by atoms with Gasteiger partial charge in [-0.1, -0.05) is 37.3 Å². The van der Waals surface area contributed by atoms with Crippen LogP contribution in [-0.2, 0) is 16.0 Å². The number of carboxylic acids is 1. The predicted octanol–water partition coefficient (Wildman–Crippen LogP) is 0.923. The van der Waals surface area contributed by atoms with Gasteiger partial charge >= 0.3 is 12.0 Å². The molecule has 1 aliphatic carbocycles. The SMILES string of the molecule is CCN(CC(=O)O)C1CC(NC(=O)NC(Cc2ccccc2)C(=O)N(C)C)C1. The lowest BCUT2D eigenvalue weighted by atomic mass is 9.85. The fourth-order valence-electron chi connectivity index (χ4n) is 3.42. The molecule has 8 heteroatoms. The van der Waals surface area contributed by atoms with Gasteiger partial charge in [0.1, 0.15) is 6.04 Å². The van der Waals surface area contributed by atoms with Crippen molar-refractivity contribution in [3.63, 3.8) is 0 Å². The van der Waals surface area contributed by atoms with Crippen molar-refractivity contribution in [2.45, 2.75) is 44.3 Å². The monoisotopic (exact) mass is 390 g/mol. The lowest BCUT2D eigenvalue weighted by Gasteiger charge is -2.42. The Kier molecular flexibility index (Phi) is 7.80. The van der Waals surface area contributed by atoms with E-state index in [-0.39, 0.29) is 30.6 Å². The zero-order valence-corrected chi connectivity index (χ0v) is 16.7. The van der Waals surface area contributed by atoms with Crippen molar-refractivity contribution in [3.8, 4) is 0 Å². The summed E-state index contributed by atoms with van der Waals surface area (Å²) < 4.78 is 0. The van der Waals surface area contributed by atoms with Crippen LogP contribution in [0.3, 0.4) is 0 Å². The van der Waals surface area contributed by atoms with Crippen LogP contribution in [0.2, 0.25) is 0 Å². The quantitative estimate of drug-likeness (QED) is 0.582. The Balaban J connectivity index is 1.87. The molecule has 0 aliphatic heterocycles. The third kappa shape index (κ3) is 6.23. The van der Waals surface area contributed by atoms with E-state index in [1.807, 2.05) is 42.2 Å². The fourth-order valence-corrected chi connectivity index (χ4v) is 3.42. The van der Waals surface area contributed by atoms with Gasteiger partial charge < -0.3 is 20.6 Å². The highest BCUT2D eigenvalue weighted by Crippen LogP contribution is 2.25. The van der Waals surface area contributed by atoms with Crippen molar-refractivity contribution in [1.29, 1.82) is 0 Å². The number of nitrogens with one attached hydrogen (secondary N) is 2. The molecule has 2 rings (SSSR count). The van der Waals surface area contributed by atoms with Crippen LogP contribution in [-0.4, -0.2) is 78.1 Å². The molecule has 1 aliphatic rings. The van der Waals surface area contributed by atoms with Crippen LogP contribution in [0.4, 0.5) is 4.79 Å². The molecule has 0 heterocycles. The van der Waals surface area contributed by atoms with Crippen molar-refractivity contribution in [2.75, 3.05) is 27.2 Å². The standard InChI is InChI=1S/C20H30N4O4/c1-4-24(13-18(25)26)16-11-15(12-16)21-20(28)22-17(19(27)23(2)3)10-14-8-6-5-7-9-14/h5-9,15-17H,4,10-13H2,1-3H3,(H,25,26)(H2,21,22,28). The molecule has 1 aromatic carbocycles. The second kappa shape index (κ2) is 10.1. The van der Waals surface area contributed by atoms with Crippen LogP contribution in [0, 0.1) is 0 Å². The molecule has 1 aromatic rings. The molecule has 3 amide bonds. The Bertz CT molecular complexity index is 674. The molecule has 0 spiro atoms. The number of carboxylic acid groups (broad SMARTS) is 1. The van der Waals surface area contributed by atoms with Crippen LogP contribution in [0.5, 0.6) is 0 Å². The van der Waals surface area contributed by atoms with Gasteiger partial charge in [-0.2, -0.15) is 0 Å². The highest BCUT2D eigenvalue weighted by atomic mass is 16.4. The second-order valence-electron chi connectivity index (χ2n) is 7.37. The number of carbonyl (C=O) groups is 3. The first-order valence-corrected chi connectivity index (χ1v) is 9.58. The van der Waals surface area contributed by atoms with Gasteiger partial charge in [0, 0.05) is 32.6 Å². The molecule has 1 atom stereocenters. The van der Waals surface area contributed by atoms with E-state index in [1.54, 1.807) is 14.1 Å². The average Bonchev–Trinajstić information content (AvgIpc) is 2.62. The van der Waals surface area contributed by atoms with Gasteiger partial charge in [-0.25, -0.2) is 4.79 Å². The summed E-state index contributed by atoms with van der Waals surface area (Å²) >= 11 is 0. The van der Waals surface area contributed by atoms with Gasteiger partial charge in [0.25, 0.3) is 0 Å². The van der Waals surface area contributed by atoms with E-state index in [0.717, 1.165) is 5.56 Å². The van der Waals surface area contributed by atoms with E-state index >= 15 is 0 Å². The topological polar surface area (TPSA) is 102 Å². The Morgan fingerprint density at radius 2 is 1.82 bits per heavy atom. The molecule has 0 saturated heterocycles. The zero-order chi connectivity index (χ0) is 20.7. The highest BCUT2D eigenvalue weighted by molar-refractivity contribution is 5.87. The van der Waals surface area contributed by atoms with E-state index in [2.05, 4.69) is 10.6 Å². The molecular formula is C20H30N4O4. The van der Waals surface area contributed by atoms with Crippen LogP contribution >= 0.6 is 0 Å². The Hall–Kier alpha value is -2.61. The summed E-state index contributed by atoms with van der Waals surface area (Å²) in [5, 5.41) is 14.6. The zero-order valence-electron chi connectivity index (χ0n) is 16.7. The third-order valence-electron chi connectivity index (χ3n) is 5.04. The molecule has 8 nitrogen and oxygen atoms in total. The molecule has 3 N–H and O–H groups in total. The van der Waals surface area contributed by atoms with E-state index in [4.69, 9.17) is 5.11 Å². The van der Waals surface area contributed by atoms with Gasteiger partial charge in [-0.3, -0.25) is 14.5 Å². The number of likely N-dealkylation sites (N-methyl/N-ethyl adjacent to an activating group) is 2.